The molecule has 2 rings (SSSR count). The Morgan fingerprint density at radius 2 is 2.05 bits per heavy atom. The zero-order chi connectivity index (χ0) is 15.3. The number of rotatable bonds is 7. The van der Waals surface area contributed by atoms with Gasteiger partial charge in [0, 0.05) is 24.6 Å². The first kappa shape index (κ1) is 17.0. The average Bonchev–Trinajstić information content (AvgIpc) is 2.98. The van der Waals surface area contributed by atoms with Crippen LogP contribution in [0.25, 0.3) is 11.3 Å². The van der Waals surface area contributed by atoms with Gasteiger partial charge in [-0.1, -0.05) is 12.2 Å². The van der Waals surface area contributed by atoms with E-state index in [0.29, 0.717) is 18.9 Å². The van der Waals surface area contributed by atoms with Gasteiger partial charge in [-0.25, -0.2) is 0 Å². The topological polar surface area (TPSA) is 68.1 Å². The first-order valence-electron chi connectivity index (χ1n) is 6.51. The highest BCUT2D eigenvalue weighted by Crippen LogP contribution is 2.26. The highest BCUT2D eigenvalue weighted by Gasteiger charge is 2.11. The molecule has 6 heteroatoms. The van der Waals surface area contributed by atoms with Crippen LogP contribution in [0, 0.1) is 0 Å². The normalized spacial score (nSPS) is 9.38. The molecule has 0 aliphatic carbocycles. The standard InChI is InChI=1S/C11H11N3OS.C4H8O/c1-2-3-7-15-11-10(13-16-14-11)9-5-4-6-12-8-9;1-2-3-4-5/h2,4-6,8H,1,3,7H2;2,5H,1,3-4H2. The molecule has 1 N–H and O–H groups in total. The summed E-state index contributed by atoms with van der Waals surface area (Å²) >= 11 is 1.14. The second kappa shape index (κ2) is 10.7. The minimum absolute atomic E-state index is 0.226. The fourth-order valence-electron chi connectivity index (χ4n) is 1.28. The van der Waals surface area contributed by atoms with Gasteiger partial charge in [0.2, 0.25) is 0 Å². The summed E-state index contributed by atoms with van der Waals surface area (Å²) in [4.78, 5) is 4.04. The molecular weight excluding hydrogens is 286 g/mol. The van der Waals surface area contributed by atoms with E-state index in [1.165, 1.54) is 0 Å². The lowest BCUT2D eigenvalue weighted by molar-refractivity contribution is 0.303. The van der Waals surface area contributed by atoms with E-state index in [2.05, 4.69) is 26.9 Å². The molecule has 112 valence electrons. The van der Waals surface area contributed by atoms with Gasteiger partial charge in [-0.3, -0.25) is 4.98 Å². The van der Waals surface area contributed by atoms with Gasteiger partial charge in [-0.2, -0.15) is 4.37 Å². The first-order chi connectivity index (χ1) is 10.3. The molecule has 0 fully saturated rings. The molecule has 2 aromatic heterocycles. The molecule has 0 radical (unpaired) electrons. The van der Waals surface area contributed by atoms with E-state index in [1.807, 2.05) is 18.2 Å². The van der Waals surface area contributed by atoms with E-state index < -0.39 is 0 Å². The van der Waals surface area contributed by atoms with Crippen molar-refractivity contribution in [3.05, 3.63) is 49.8 Å². The van der Waals surface area contributed by atoms with Crippen LogP contribution in [0.2, 0.25) is 0 Å². The zero-order valence-electron chi connectivity index (χ0n) is 11.8. The predicted molar refractivity (Wildman–Crippen MR) is 85.3 cm³/mol. The number of aliphatic hydroxyl groups excluding tert-OH is 1. The van der Waals surface area contributed by atoms with Crippen molar-refractivity contribution < 1.29 is 9.84 Å². The molecule has 0 amide bonds. The van der Waals surface area contributed by atoms with Gasteiger partial charge in [-0.15, -0.1) is 17.5 Å². The van der Waals surface area contributed by atoms with Crippen molar-refractivity contribution >= 4 is 11.7 Å². The maximum atomic E-state index is 8.00. The van der Waals surface area contributed by atoms with E-state index >= 15 is 0 Å². The third kappa shape index (κ3) is 6.29. The summed E-state index contributed by atoms with van der Waals surface area (Å²) < 4.78 is 13.8. The molecule has 0 aromatic carbocycles. The molecular formula is C15H19N3O2S. The van der Waals surface area contributed by atoms with Gasteiger partial charge in [0.15, 0.2) is 0 Å². The Morgan fingerprint density at radius 3 is 2.62 bits per heavy atom. The molecule has 0 saturated heterocycles. The summed E-state index contributed by atoms with van der Waals surface area (Å²) in [6, 6.07) is 3.80. The Hall–Kier alpha value is -2.05. The lowest BCUT2D eigenvalue weighted by Gasteiger charge is -2.02. The Bertz CT molecular complexity index is 529. The van der Waals surface area contributed by atoms with Crippen LogP contribution in [0.4, 0.5) is 0 Å². The van der Waals surface area contributed by atoms with Gasteiger partial charge in [-0.05, 0) is 25.0 Å². The van der Waals surface area contributed by atoms with Crippen molar-refractivity contribution in [1.82, 2.24) is 13.7 Å². The number of nitrogens with zero attached hydrogens (tertiary/aromatic N) is 3. The Morgan fingerprint density at radius 1 is 1.24 bits per heavy atom. The van der Waals surface area contributed by atoms with Gasteiger partial charge >= 0.3 is 0 Å². The molecule has 21 heavy (non-hydrogen) atoms. The molecule has 0 aliphatic rings. The molecule has 0 saturated carbocycles. The van der Waals surface area contributed by atoms with Gasteiger partial charge in [0.05, 0.1) is 18.3 Å². The van der Waals surface area contributed by atoms with Crippen LogP contribution >= 0.6 is 11.7 Å². The lowest BCUT2D eigenvalue weighted by Crippen LogP contribution is -1.97. The SMILES string of the molecule is C=CCCO.C=CCCOc1nsnc1-c1cccnc1. The summed E-state index contributed by atoms with van der Waals surface area (Å²) in [7, 11) is 0. The molecule has 5 nitrogen and oxygen atoms in total. The van der Waals surface area contributed by atoms with Crippen molar-refractivity contribution in [3.63, 3.8) is 0 Å². The summed E-state index contributed by atoms with van der Waals surface area (Å²) in [6.45, 7) is 7.82. The molecule has 2 aromatic rings. The Kier molecular flexibility index (Phi) is 8.67. The van der Waals surface area contributed by atoms with Crippen LogP contribution in [0.15, 0.2) is 49.8 Å². The highest BCUT2D eigenvalue weighted by atomic mass is 32.1. The molecule has 0 atom stereocenters. The van der Waals surface area contributed by atoms with Crippen molar-refractivity contribution in [2.45, 2.75) is 12.8 Å². The maximum Gasteiger partial charge on any atom is 0.254 e. The van der Waals surface area contributed by atoms with Crippen LogP contribution in [-0.2, 0) is 0 Å². The summed E-state index contributed by atoms with van der Waals surface area (Å²) in [6.07, 6.45) is 8.46. The highest BCUT2D eigenvalue weighted by molar-refractivity contribution is 6.99. The van der Waals surface area contributed by atoms with Crippen LogP contribution < -0.4 is 4.74 Å². The van der Waals surface area contributed by atoms with Crippen molar-refractivity contribution in [1.29, 1.82) is 0 Å². The Labute approximate surface area is 129 Å². The third-order valence-electron chi connectivity index (χ3n) is 2.29. The van der Waals surface area contributed by atoms with E-state index in [9.17, 15) is 0 Å². The van der Waals surface area contributed by atoms with Crippen molar-refractivity contribution in [2.24, 2.45) is 0 Å². The summed E-state index contributed by atoms with van der Waals surface area (Å²) in [5, 5.41) is 8.00. The fraction of sp³-hybridized carbons (Fsp3) is 0.267. The van der Waals surface area contributed by atoms with Crippen molar-refractivity contribution in [2.75, 3.05) is 13.2 Å². The van der Waals surface area contributed by atoms with Crippen LogP contribution in [0.1, 0.15) is 12.8 Å². The summed E-state index contributed by atoms with van der Waals surface area (Å²) in [5.74, 6) is 0.569. The lowest BCUT2D eigenvalue weighted by atomic mass is 10.2. The second-order valence-electron chi connectivity index (χ2n) is 3.89. The number of aliphatic hydroxyl groups is 1. The maximum absolute atomic E-state index is 8.00. The van der Waals surface area contributed by atoms with E-state index in [-0.39, 0.29) is 6.61 Å². The van der Waals surface area contributed by atoms with Gasteiger partial charge in [0.25, 0.3) is 5.88 Å². The minimum Gasteiger partial charge on any atom is -0.475 e. The van der Waals surface area contributed by atoms with E-state index in [4.69, 9.17) is 9.84 Å². The van der Waals surface area contributed by atoms with E-state index in [1.54, 1.807) is 18.5 Å². The van der Waals surface area contributed by atoms with Crippen LogP contribution in [0.5, 0.6) is 5.88 Å². The fourth-order valence-corrected chi connectivity index (χ4v) is 1.80. The molecule has 0 spiro atoms. The minimum atomic E-state index is 0.226. The monoisotopic (exact) mass is 305 g/mol. The number of aromatic nitrogens is 3. The van der Waals surface area contributed by atoms with Gasteiger partial charge in [0.1, 0.15) is 5.69 Å². The van der Waals surface area contributed by atoms with Crippen LogP contribution in [-0.4, -0.2) is 32.1 Å². The van der Waals surface area contributed by atoms with Gasteiger partial charge < -0.3 is 9.84 Å². The predicted octanol–water partition coefficient (Wildman–Crippen LogP) is 3.11. The zero-order valence-corrected chi connectivity index (χ0v) is 12.6. The van der Waals surface area contributed by atoms with E-state index in [0.717, 1.165) is 29.4 Å². The van der Waals surface area contributed by atoms with Crippen LogP contribution in [0.3, 0.4) is 0 Å². The number of hydrogen-bond donors (Lipinski definition) is 1. The largest absolute Gasteiger partial charge is 0.475 e. The summed E-state index contributed by atoms with van der Waals surface area (Å²) in [5.41, 5.74) is 1.67. The molecule has 2 heterocycles. The smallest absolute Gasteiger partial charge is 0.254 e. The average molecular weight is 305 g/mol. The quantitative estimate of drug-likeness (QED) is 0.629. The third-order valence-corrected chi connectivity index (χ3v) is 2.80. The second-order valence-corrected chi connectivity index (χ2v) is 4.41. The molecule has 0 aliphatic heterocycles. The molecule has 0 bridgehead atoms. The number of ether oxygens (including phenoxy) is 1. The Balaban J connectivity index is 0.000000383. The first-order valence-corrected chi connectivity index (χ1v) is 7.25. The van der Waals surface area contributed by atoms with Crippen molar-refractivity contribution in [3.8, 4) is 17.1 Å². The number of pyridine rings is 1. The number of hydrogen-bond acceptors (Lipinski definition) is 6. The molecule has 0 unspecified atom stereocenters.